The summed E-state index contributed by atoms with van der Waals surface area (Å²) in [5.74, 6) is 0.0196. The minimum Gasteiger partial charge on any atom is -0.410 e. The van der Waals surface area contributed by atoms with E-state index in [4.69, 9.17) is 9.53 Å². The Hall–Kier alpha value is -0.453. The standard InChI is InChI=1S/C12H22O3Si/c1-12(2,3)16(4,5)15-10-6-9(8-13)11(14)7-10/h6,10,13H,7-8H2,1-5H3. The fourth-order valence-corrected chi connectivity index (χ4v) is 2.72. The van der Waals surface area contributed by atoms with Gasteiger partial charge in [0.2, 0.25) is 0 Å². The summed E-state index contributed by atoms with van der Waals surface area (Å²) in [5, 5.41) is 9.12. The Labute approximate surface area is 98.6 Å². The molecule has 1 aliphatic rings. The molecule has 0 radical (unpaired) electrons. The Morgan fingerprint density at radius 1 is 1.50 bits per heavy atom. The first-order valence-electron chi connectivity index (χ1n) is 5.70. The van der Waals surface area contributed by atoms with Crippen molar-refractivity contribution in [3.8, 4) is 0 Å². The predicted molar refractivity (Wildman–Crippen MR) is 66.9 cm³/mol. The van der Waals surface area contributed by atoms with Crippen molar-refractivity contribution in [1.29, 1.82) is 0 Å². The Kier molecular flexibility index (Phi) is 3.77. The Balaban J connectivity index is 2.71. The van der Waals surface area contributed by atoms with E-state index in [1.807, 2.05) is 0 Å². The summed E-state index contributed by atoms with van der Waals surface area (Å²) in [5.41, 5.74) is 0.503. The van der Waals surface area contributed by atoms with E-state index >= 15 is 0 Å². The molecule has 1 atom stereocenters. The third-order valence-electron chi connectivity index (χ3n) is 3.55. The molecule has 0 saturated heterocycles. The topological polar surface area (TPSA) is 46.5 Å². The van der Waals surface area contributed by atoms with Crippen molar-refractivity contribution < 1.29 is 14.3 Å². The molecule has 0 spiro atoms. The van der Waals surface area contributed by atoms with Gasteiger partial charge in [0.25, 0.3) is 0 Å². The summed E-state index contributed by atoms with van der Waals surface area (Å²) in [4.78, 5) is 11.5. The van der Waals surface area contributed by atoms with Crippen molar-refractivity contribution in [3.63, 3.8) is 0 Å². The van der Waals surface area contributed by atoms with E-state index in [1.54, 1.807) is 6.08 Å². The number of Topliss-reactive ketones (excluding diaryl/α,β-unsaturated/α-hetero) is 1. The van der Waals surface area contributed by atoms with Gasteiger partial charge in [0.05, 0.1) is 12.7 Å². The van der Waals surface area contributed by atoms with Crippen molar-refractivity contribution >= 4 is 14.1 Å². The molecule has 0 saturated carbocycles. The molecule has 0 aromatic carbocycles. The molecule has 0 aliphatic heterocycles. The quantitative estimate of drug-likeness (QED) is 0.772. The van der Waals surface area contributed by atoms with E-state index in [0.717, 1.165) is 0 Å². The van der Waals surface area contributed by atoms with Crippen LogP contribution >= 0.6 is 0 Å². The first-order valence-corrected chi connectivity index (χ1v) is 8.61. The first-order chi connectivity index (χ1) is 7.17. The fraction of sp³-hybridized carbons (Fsp3) is 0.750. The van der Waals surface area contributed by atoms with Gasteiger partial charge in [-0.05, 0) is 24.2 Å². The number of hydrogen-bond donors (Lipinski definition) is 1. The number of aliphatic hydroxyl groups is 1. The summed E-state index contributed by atoms with van der Waals surface area (Å²) in [6.07, 6.45) is 2.04. The van der Waals surface area contributed by atoms with E-state index in [1.165, 1.54) is 0 Å². The third-order valence-corrected chi connectivity index (χ3v) is 8.06. The highest BCUT2D eigenvalue weighted by molar-refractivity contribution is 6.74. The zero-order valence-corrected chi connectivity index (χ0v) is 11.8. The van der Waals surface area contributed by atoms with Crippen LogP contribution < -0.4 is 0 Å². The largest absolute Gasteiger partial charge is 0.410 e. The molecule has 4 heteroatoms. The lowest BCUT2D eigenvalue weighted by Crippen LogP contribution is -2.43. The molecular weight excluding hydrogens is 220 g/mol. The van der Waals surface area contributed by atoms with Crippen LogP contribution in [0.25, 0.3) is 0 Å². The highest BCUT2D eigenvalue weighted by Crippen LogP contribution is 2.38. The van der Waals surface area contributed by atoms with Gasteiger partial charge in [-0.3, -0.25) is 4.79 Å². The van der Waals surface area contributed by atoms with Crippen LogP contribution in [0.15, 0.2) is 11.6 Å². The zero-order valence-electron chi connectivity index (χ0n) is 10.8. The maximum absolute atomic E-state index is 11.5. The first kappa shape index (κ1) is 13.6. The van der Waals surface area contributed by atoms with E-state index in [-0.39, 0.29) is 23.5 Å². The lowest BCUT2D eigenvalue weighted by molar-refractivity contribution is -0.116. The van der Waals surface area contributed by atoms with Crippen molar-refractivity contribution in [2.24, 2.45) is 0 Å². The molecular formula is C12H22O3Si. The van der Waals surface area contributed by atoms with Gasteiger partial charge in [-0.1, -0.05) is 20.8 Å². The number of carbonyl (C=O) groups is 1. The second-order valence-electron chi connectivity index (χ2n) is 5.89. The molecule has 0 aromatic heterocycles. The monoisotopic (exact) mass is 242 g/mol. The molecule has 1 rings (SSSR count). The van der Waals surface area contributed by atoms with Gasteiger partial charge in [-0.15, -0.1) is 0 Å². The normalized spacial score (nSPS) is 22.5. The summed E-state index contributed by atoms with van der Waals surface area (Å²) in [7, 11) is -1.82. The Morgan fingerprint density at radius 3 is 2.44 bits per heavy atom. The highest BCUT2D eigenvalue weighted by Gasteiger charge is 2.40. The molecule has 1 N–H and O–H groups in total. The lowest BCUT2D eigenvalue weighted by Gasteiger charge is -2.37. The fourth-order valence-electron chi connectivity index (χ4n) is 1.46. The second kappa shape index (κ2) is 4.43. The summed E-state index contributed by atoms with van der Waals surface area (Å²) in [6, 6.07) is 0. The smallest absolute Gasteiger partial charge is 0.192 e. The van der Waals surface area contributed by atoms with Crippen LogP contribution in [0.4, 0.5) is 0 Å². The van der Waals surface area contributed by atoms with E-state index in [9.17, 15) is 4.79 Å². The molecule has 0 heterocycles. The van der Waals surface area contributed by atoms with Crippen molar-refractivity contribution in [2.75, 3.05) is 6.61 Å². The van der Waals surface area contributed by atoms with Crippen LogP contribution in [0.1, 0.15) is 27.2 Å². The lowest BCUT2D eigenvalue weighted by atomic mass is 10.2. The Bertz CT molecular complexity index is 313. The molecule has 0 amide bonds. The van der Waals surface area contributed by atoms with Gasteiger partial charge in [-0.25, -0.2) is 0 Å². The van der Waals surface area contributed by atoms with E-state index in [2.05, 4.69) is 33.9 Å². The minimum absolute atomic E-state index is 0.0196. The van der Waals surface area contributed by atoms with Crippen LogP contribution in [0.5, 0.6) is 0 Å². The summed E-state index contributed by atoms with van der Waals surface area (Å²) < 4.78 is 6.10. The van der Waals surface area contributed by atoms with Crippen LogP contribution in [0.3, 0.4) is 0 Å². The molecule has 3 nitrogen and oxygen atoms in total. The third kappa shape index (κ3) is 2.81. The van der Waals surface area contributed by atoms with Gasteiger partial charge in [0.1, 0.15) is 0 Å². The number of aliphatic hydroxyl groups excluding tert-OH is 1. The maximum Gasteiger partial charge on any atom is 0.192 e. The van der Waals surface area contributed by atoms with Crippen LogP contribution in [0.2, 0.25) is 18.1 Å². The van der Waals surface area contributed by atoms with Gasteiger partial charge in [0.15, 0.2) is 14.1 Å². The molecule has 1 unspecified atom stereocenters. The number of carbonyl (C=O) groups excluding carboxylic acids is 1. The summed E-state index contributed by atoms with van der Waals surface area (Å²) >= 11 is 0. The number of ketones is 1. The Morgan fingerprint density at radius 2 is 2.06 bits per heavy atom. The maximum atomic E-state index is 11.5. The SMILES string of the molecule is CC(C)(C)[Si](C)(C)OC1C=C(CO)C(=O)C1. The average Bonchev–Trinajstić information content (AvgIpc) is 2.43. The number of rotatable bonds is 3. The molecule has 92 valence electrons. The van der Waals surface area contributed by atoms with Crippen LogP contribution in [-0.2, 0) is 9.22 Å². The molecule has 1 aliphatic carbocycles. The van der Waals surface area contributed by atoms with Gasteiger partial charge < -0.3 is 9.53 Å². The van der Waals surface area contributed by atoms with Gasteiger partial charge >= 0.3 is 0 Å². The van der Waals surface area contributed by atoms with Crippen molar-refractivity contribution in [3.05, 3.63) is 11.6 Å². The van der Waals surface area contributed by atoms with Crippen LogP contribution in [0, 0.1) is 0 Å². The van der Waals surface area contributed by atoms with Crippen LogP contribution in [-0.4, -0.2) is 31.9 Å². The molecule has 16 heavy (non-hydrogen) atoms. The molecule has 0 fully saturated rings. The van der Waals surface area contributed by atoms with Crippen molar-refractivity contribution in [1.82, 2.24) is 0 Å². The summed E-state index contributed by atoms with van der Waals surface area (Å²) in [6.45, 7) is 10.7. The average molecular weight is 242 g/mol. The van der Waals surface area contributed by atoms with Gasteiger partial charge in [-0.2, -0.15) is 0 Å². The predicted octanol–water partition coefficient (Wildman–Crippen LogP) is 2.27. The second-order valence-corrected chi connectivity index (χ2v) is 10.7. The highest BCUT2D eigenvalue weighted by atomic mass is 28.4. The minimum atomic E-state index is -1.82. The zero-order chi connectivity index (χ0) is 12.6. The van der Waals surface area contributed by atoms with Gasteiger partial charge in [0, 0.05) is 12.0 Å². The van der Waals surface area contributed by atoms with Crippen molar-refractivity contribution in [2.45, 2.75) is 51.4 Å². The van der Waals surface area contributed by atoms with E-state index < -0.39 is 8.32 Å². The number of hydrogen-bond acceptors (Lipinski definition) is 3. The molecule has 0 aromatic rings. The van der Waals surface area contributed by atoms with E-state index in [0.29, 0.717) is 12.0 Å². The molecule has 0 bridgehead atoms.